The van der Waals surface area contributed by atoms with Gasteiger partial charge in [-0.3, -0.25) is 9.59 Å². The number of aryl methyl sites for hydroxylation is 1. The first kappa shape index (κ1) is 18.6. The van der Waals surface area contributed by atoms with Crippen molar-refractivity contribution in [1.82, 2.24) is 4.57 Å². The Bertz CT molecular complexity index is 1030. The van der Waals surface area contributed by atoms with E-state index < -0.39 is 0 Å². The molecule has 0 bridgehead atoms. The fourth-order valence-electron chi connectivity index (χ4n) is 2.99. The molecule has 4 nitrogen and oxygen atoms in total. The topological polar surface area (TPSA) is 42.3 Å². The van der Waals surface area contributed by atoms with Crippen molar-refractivity contribution < 1.29 is 9.18 Å². The van der Waals surface area contributed by atoms with Crippen LogP contribution >= 0.6 is 0 Å². The lowest BCUT2D eigenvalue weighted by Crippen LogP contribution is -2.32. The van der Waals surface area contributed by atoms with Gasteiger partial charge in [0.1, 0.15) is 5.82 Å². The number of pyridine rings is 1. The van der Waals surface area contributed by atoms with E-state index >= 15 is 0 Å². The van der Waals surface area contributed by atoms with Gasteiger partial charge in [0.25, 0.3) is 11.5 Å². The second-order valence-corrected chi connectivity index (χ2v) is 6.36. The summed E-state index contributed by atoms with van der Waals surface area (Å²) in [5, 5.41) is 0. The van der Waals surface area contributed by atoms with Gasteiger partial charge in [0, 0.05) is 30.1 Å². The predicted octanol–water partition coefficient (Wildman–Crippen LogP) is 4.01. The van der Waals surface area contributed by atoms with Crippen LogP contribution in [0.25, 0.3) is 0 Å². The highest BCUT2D eigenvalue weighted by atomic mass is 19.1. The molecule has 0 aliphatic carbocycles. The summed E-state index contributed by atoms with van der Waals surface area (Å²) in [7, 11) is 0. The summed E-state index contributed by atoms with van der Waals surface area (Å²) < 4.78 is 15.3. The number of aromatic nitrogens is 1. The molecule has 0 atom stereocenters. The molecule has 0 radical (unpaired) electrons. The van der Waals surface area contributed by atoms with Crippen molar-refractivity contribution in [2.45, 2.75) is 20.4 Å². The van der Waals surface area contributed by atoms with Gasteiger partial charge in [0.05, 0.1) is 12.1 Å². The monoisotopic (exact) mass is 364 g/mol. The molecular formula is C22H21FN2O2. The van der Waals surface area contributed by atoms with E-state index in [1.807, 2.05) is 38.1 Å². The molecule has 1 amide bonds. The average Bonchev–Trinajstić information content (AvgIpc) is 2.66. The summed E-state index contributed by atoms with van der Waals surface area (Å²) in [6.07, 6.45) is 1.50. The summed E-state index contributed by atoms with van der Waals surface area (Å²) in [4.78, 5) is 26.8. The van der Waals surface area contributed by atoms with Crippen LogP contribution in [-0.4, -0.2) is 17.0 Å². The minimum Gasteiger partial charge on any atom is -0.310 e. The Morgan fingerprint density at radius 1 is 1.07 bits per heavy atom. The molecule has 3 aromatic rings. The first-order valence-electron chi connectivity index (χ1n) is 8.82. The average molecular weight is 364 g/mol. The van der Waals surface area contributed by atoms with Crippen molar-refractivity contribution in [1.29, 1.82) is 0 Å². The van der Waals surface area contributed by atoms with E-state index in [-0.39, 0.29) is 23.8 Å². The summed E-state index contributed by atoms with van der Waals surface area (Å²) >= 11 is 0. The number of anilines is 1. The molecule has 0 aliphatic heterocycles. The quantitative estimate of drug-likeness (QED) is 0.686. The van der Waals surface area contributed by atoms with Crippen LogP contribution in [0.4, 0.5) is 10.1 Å². The fraction of sp³-hybridized carbons (Fsp3) is 0.182. The summed E-state index contributed by atoms with van der Waals surface area (Å²) in [6, 6.07) is 16.8. The summed E-state index contributed by atoms with van der Waals surface area (Å²) in [5.74, 6) is -0.582. The van der Waals surface area contributed by atoms with Crippen molar-refractivity contribution in [3.05, 3.63) is 99.7 Å². The van der Waals surface area contributed by atoms with Gasteiger partial charge in [-0.1, -0.05) is 30.3 Å². The Morgan fingerprint density at radius 3 is 2.56 bits per heavy atom. The third-order valence-electron chi connectivity index (χ3n) is 4.40. The van der Waals surface area contributed by atoms with Gasteiger partial charge < -0.3 is 9.47 Å². The van der Waals surface area contributed by atoms with Gasteiger partial charge in [-0.15, -0.1) is 0 Å². The number of carbonyl (C=O) groups is 1. The predicted molar refractivity (Wildman–Crippen MR) is 105 cm³/mol. The maximum absolute atomic E-state index is 13.9. The third-order valence-corrected chi connectivity index (χ3v) is 4.40. The highest BCUT2D eigenvalue weighted by Crippen LogP contribution is 2.18. The largest absolute Gasteiger partial charge is 0.310 e. The lowest BCUT2D eigenvalue weighted by atomic mass is 10.1. The molecule has 0 saturated heterocycles. The number of carbonyl (C=O) groups excluding carboxylic acids is 1. The van der Waals surface area contributed by atoms with Gasteiger partial charge in [-0.25, -0.2) is 4.39 Å². The molecule has 0 aliphatic rings. The van der Waals surface area contributed by atoms with Crippen LogP contribution in [0.3, 0.4) is 0 Å². The first-order chi connectivity index (χ1) is 13.0. The van der Waals surface area contributed by atoms with Gasteiger partial charge >= 0.3 is 0 Å². The molecule has 0 unspecified atom stereocenters. The lowest BCUT2D eigenvalue weighted by molar-refractivity contribution is 0.0987. The van der Waals surface area contributed by atoms with E-state index in [9.17, 15) is 14.0 Å². The van der Waals surface area contributed by atoms with E-state index in [0.717, 1.165) is 11.3 Å². The van der Waals surface area contributed by atoms with Crippen molar-refractivity contribution >= 4 is 11.6 Å². The Labute approximate surface area is 157 Å². The number of hydrogen-bond acceptors (Lipinski definition) is 2. The molecule has 0 saturated carbocycles. The molecule has 0 N–H and O–H groups in total. The minimum absolute atomic E-state index is 0.0726. The van der Waals surface area contributed by atoms with Crippen molar-refractivity contribution in [3.8, 4) is 0 Å². The Morgan fingerprint density at radius 2 is 1.85 bits per heavy atom. The highest BCUT2D eigenvalue weighted by Gasteiger charge is 2.17. The number of benzene rings is 2. The first-order valence-corrected chi connectivity index (χ1v) is 8.82. The second-order valence-electron chi connectivity index (χ2n) is 6.36. The molecule has 1 aromatic heterocycles. The third kappa shape index (κ3) is 4.14. The lowest BCUT2D eigenvalue weighted by Gasteiger charge is -2.22. The number of rotatable bonds is 5. The number of nitrogens with zero attached hydrogens (tertiary/aromatic N) is 2. The maximum atomic E-state index is 13.9. The number of amides is 1. The molecule has 2 aromatic carbocycles. The zero-order chi connectivity index (χ0) is 19.4. The number of hydrogen-bond donors (Lipinski definition) is 0. The minimum atomic E-state index is -0.379. The highest BCUT2D eigenvalue weighted by molar-refractivity contribution is 6.05. The Hall–Kier alpha value is -3.21. The van der Waals surface area contributed by atoms with Gasteiger partial charge in [-0.05, 0) is 43.7 Å². The second kappa shape index (κ2) is 7.99. The normalized spacial score (nSPS) is 10.6. The van der Waals surface area contributed by atoms with E-state index in [0.29, 0.717) is 17.7 Å². The van der Waals surface area contributed by atoms with Gasteiger partial charge in [0.2, 0.25) is 0 Å². The van der Waals surface area contributed by atoms with Crippen molar-refractivity contribution in [2.24, 2.45) is 0 Å². The Kier molecular flexibility index (Phi) is 5.50. The van der Waals surface area contributed by atoms with Crippen LogP contribution in [0.1, 0.15) is 28.4 Å². The molecule has 27 heavy (non-hydrogen) atoms. The van der Waals surface area contributed by atoms with Crippen molar-refractivity contribution in [2.75, 3.05) is 11.4 Å². The molecule has 138 valence electrons. The summed E-state index contributed by atoms with van der Waals surface area (Å²) in [5.41, 5.74) is 2.36. The van der Waals surface area contributed by atoms with Crippen LogP contribution < -0.4 is 10.5 Å². The van der Waals surface area contributed by atoms with E-state index in [1.165, 1.54) is 29.0 Å². The van der Waals surface area contributed by atoms with E-state index in [1.54, 1.807) is 23.1 Å². The zero-order valence-electron chi connectivity index (χ0n) is 15.4. The molecule has 0 fully saturated rings. The molecule has 3 rings (SSSR count). The Balaban J connectivity index is 1.93. The summed E-state index contributed by atoms with van der Waals surface area (Å²) in [6.45, 7) is 4.43. The fourth-order valence-corrected chi connectivity index (χ4v) is 2.99. The van der Waals surface area contributed by atoms with Crippen LogP contribution in [0.15, 0.2) is 71.7 Å². The zero-order valence-corrected chi connectivity index (χ0v) is 15.4. The number of halogens is 1. The van der Waals surface area contributed by atoms with Crippen LogP contribution in [0.2, 0.25) is 0 Å². The van der Waals surface area contributed by atoms with Crippen LogP contribution in [0, 0.1) is 12.7 Å². The van der Waals surface area contributed by atoms with Gasteiger partial charge in [-0.2, -0.15) is 0 Å². The van der Waals surface area contributed by atoms with Gasteiger partial charge in [0.15, 0.2) is 0 Å². The standard InChI is InChI=1S/C22H21FN2O2/c1-3-25(19-9-6-7-16(2)13-19)22(27)18-11-12-21(26)24(15-18)14-17-8-4-5-10-20(17)23/h4-13,15H,3,14H2,1-2H3. The van der Waals surface area contributed by atoms with Crippen molar-refractivity contribution in [3.63, 3.8) is 0 Å². The van der Waals surface area contributed by atoms with E-state index in [2.05, 4.69) is 0 Å². The van der Waals surface area contributed by atoms with Crippen LogP contribution in [-0.2, 0) is 6.54 Å². The molecule has 5 heteroatoms. The van der Waals surface area contributed by atoms with Crippen LogP contribution in [0.5, 0.6) is 0 Å². The van der Waals surface area contributed by atoms with E-state index in [4.69, 9.17) is 0 Å². The molecular weight excluding hydrogens is 343 g/mol. The smallest absolute Gasteiger partial charge is 0.259 e. The maximum Gasteiger partial charge on any atom is 0.259 e. The molecule has 1 heterocycles. The molecule has 0 spiro atoms. The SMILES string of the molecule is CCN(C(=O)c1ccc(=O)n(Cc2ccccc2F)c1)c1cccc(C)c1.